The predicted molar refractivity (Wildman–Crippen MR) is 95.1 cm³/mol. The van der Waals surface area contributed by atoms with E-state index in [0.717, 1.165) is 17.7 Å². The Kier molecular flexibility index (Phi) is 5.02. The predicted octanol–water partition coefficient (Wildman–Crippen LogP) is 0.523. The molecule has 1 atom stereocenters. The van der Waals surface area contributed by atoms with E-state index in [1.165, 1.54) is 0 Å². The molecule has 1 spiro atoms. The third-order valence-corrected chi connectivity index (χ3v) is 7.28. The third kappa shape index (κ3) is 3.58. The zero-order chi connectivity index (χ0) is 19.1. The van der Waals surface area contributed by atoms with E-state index in [1.54, 1.807) is 4.90 Å². The number of urea groups is 1. The summed E-state index contributed by atoms with van der Waals surface area (Å²) in [5.74, 6) is -0.496. The average molecular weight is 385 g/mol. The van der Waals surface area contributed by atoms with Crippen molar-refractivity contribution in [1.82, 2.24) is 15.1 Å². The van der Waals surface area contributed by atoms with Gasteiger partial charge in [-0.3, -0.25) is 14.5 Å². The highest BCUT2D eigenvalue weighted by atomic mass is 32.2. The molecule has 1 N–H and O–H groups in total. The zero-order valence-corrected chi connectivity index (χ0v) is 16.2. The molecule has 3 aliphatic rings. The monoisotopic (exact) mass is 385 g/mol. The fraction of sp³-hybridized carbons (Fsp3) is 0.824. The van der Waals surface area contributed by atoms with Crippen molar-refractivity contribution < 1.29 is 22.8 Å². The van der Waals surface area contributed by atoms with Crippen molar-refractivity contribution in [1.29, 1.82) is 0 Å². The van der Waals surface area contributed by atoms with Gasteiger partial charge < -0.3 is 10.2 Å². The van der Waals surface area contributed by atoms with E-state index in [0.29, 0.717) is 25.8 Å². The summed E-state index contributed by atoms with van der Waals surface area (Å²) in [5.41, 5.74) is -0.836. The normalized spacial score (nSPS) is 26.7. The van der Waals surface area contributed by atoms with Crippen molar-refractivity contribution in [2.24, 2.45) is 5.92 Å². The molecule has 0 aromatic carbocycles. The summed E-state index contributed by atoms with van der Waals surface area (Å²) < 4.78 is 23.6. The summed E-state index contributed by atoms with van der Waals surface area (Å²) in [4.78, 5) is 40.4. The highest BCUT2D eigenvalue weighted by Crippen LogP contribution is 2.35. The molecule has 3 fully saturated rings. The summed E-state index contributed by atoms with van der Waals surface area (Å²) in [6.07, 6.45) is 3.39. The van der Waals surface area contributed by atoms with E-state index >= 15 is 0 Å². The molecular formula is C17H27N3O5S. The number of carbonyl (C=O) groups excluding carboxylic acids is 3. The minimum absolute atomic E-state index is 0.0461. The van der Waals surface area contributed by atoms with Crippen LogP contribution in [0.25, 0.3) is 0 Å². The number of carbonyl (C=O) groups is 3. The first-order chi connectivity index (χ1) is 12.1. The SMILES string of the molecule is CC(C)CN(C(=O)CN1C(=O)NC2(CCCC2)C1=O)C1CCS(=O)(=O)C1. The van der Waals surface area contributed by atoms with Crippen molar-refractivity contribution in [2.45, 2.75) is 57.5 Å². The largest absolute Gasteiger partial charge is 0.337 e. The molecular weight excluding hydrogens is 358 g/mol. The molecule has 4 amide bonds. The molecule has 2 saturated heterocycles. The molecule has 0 bridgehead atoms. The smallest absolute Gasteiger partial charge is 0.325 e. The van der Waals surface area contributed by atoms with Gasteiger partial charge in [-0.1, -0.05) is 26.7 Å². The van der Waals surface area contributed by atoms with Gasteiger partial charge in [0.25, 0.3) is 5.91 Å². The van der Waals surface area contributed by atoms with Gasteiger partial charge in [0.05, 0.1) is 11.5 Å². The molecule has 2 aliphatic heterocycles. The van der Waals surface area contributed by atoms with Gasteiger partial charge in [-0.15, -0.1) is 0 Å². The van der Waals surface area contributed by atoms with Crippen LogP contribution in [0.1, 0.15) is 46.0 Å². The first-order valence-corrected chi connectivity index (χ1v) is 11.1. The van der Waals surface area contributed by atoms with Crippen molar-refractivity contribution in [3.63, 3.8) is 0 Å². The van der Waals surface area contributed by atoms with Crippen LogP contribution in [0.3, 0.4) is 0 Å². The number of imide groups is 1. The van der Waals surface area contributed by atoms with Crippen LogP contribution in [-0.2, 0) is 19.4 Å². The fourth-order valence-electron chi connectivity index (χ4n) is 4.23. The maximum atomic E-state index is 12.9. The number of sulfone groups is 1. The van der Waals surface area contributed by atoms with E-state index < -0.39 is 21.4 Å². The van der Waals surface area contributed by atoms with Crippen molar-refractivity contribution >= 4 is 27.7 Å². The molecule has 1 aliphatic carbocycles. The van der Waals surface area contributed by atoms with E-state index in [-0.39, 0.29) is 41.8 Å². The Morgan fingerprint density at radius 3 is 2.50 bits per heavy atom. The maximum absolute atomic E-state index is 12.9. The van der Waals surface area contributed by atoms with Crippen LogP contribution < -0.4 is 5.32 Å². The number of nitrogens with zero attached hydrogens (tertiary/aromatic N) is 2. The highest BCUT2D eigenvalue weighted by molar-refractivity contribution is 7.91. The molecule has 0 aromatic rings. The number of amides is 4. The zero-order valence-electron chi connectivity index (χ0n) is 15.4. The quantitative estimate of drug-likeness (QED) is 0.695. The number of hydrogen-bond donors (Lipinski definition) is 1. The van der Waals surface area contributed by atoms with E-state index in [4.69, 9.17) is 0 Å². The molecule has 26 heavy (non-hydrogen) atoms. The Morgan fingerprint density at radius 1 is 1.31 bits per heavy atom. The first kappa shape index (κ1) is 19.1. The van der Waals surface area contributed by atoms with Crippen LogP contribution in [0.5, 0.6) is 0 Å². The second-order valence-corrected chi connectivity index (χ2v) is 10.3. The second-order valence-electron chi connectivity index (χ2n) is 8.11. The Hall–Kier alpha value is -1.64. The molecule has 1 saturated carbocycles. The van der Waals surface area contributed by atoms with Crippen LogP contribution in [0.4, 0.5) is 4.79 Å². The van der Waals surface area contributed by atoms with Crippen LogP contribution in [0.15, 0.2) is 0 Å². The molecule has 1 unspecified atom stereocenters. The van der Waals surface area contributed by atoms with E-state index in [1.807, 2.05) is 13.8 Å². The minimum Gasteiger partial charge on any atom is -0.337 e. The number of rotatable bonds is 5. The summed E-state index contributed by atoms with van der Waals surface area (Å²) in [5, 5.41) is 2.77. The van der Waals surface area contributed by atoms with Crippen molar-refractivity contribution in [3.8, 4) is 0 Å². The van der Waals surface area contributed by atoms with Crippen LogP contribution in [0.2, 0.25) is 0 Å². The number of hydrogen-bond acceptors (Lipinski definition) is 5. The van der Waals surface area contributed by atoms with Gasteiger partial charge in [0.2, 0.25) is 5.91 Å². The molecule has 2 heterocycles. The lowest BCUT2D eigenvalue weighted by molar-refractivity contribution is -0.140. The van der Waals surface area contributed by atoms with E-state index in [2.05, 4.69) is 5.32 Å². The lowest BCUT2D eigenvalue weighted by Crippen LogP contribution is -2.49. The fourth-order valence-corrected chi connectivity index (χ4v) is 5.96. The highest BCUT2D eigenvalue weighted by Gasteiger charge is 2.53. The Labute approximate surface area is 154 Å². The van der Waals surface area contributed by atoms with Gasteiger partial charge in [0.15, 0.2) is 9.84 Å². The van der Waals surface area contributed by atoms with Crippen LogP contribution in [0, 0.1) is 5.92 Å². The van der Waals surface area contributed by atoms with Gasteiger partial charge >= 0.3 is 6.03 Å². The van der Waals surface area contributed by atoms with Gasteiger partial charge in [0.1, 0.15) is 12.1 Å². The molecule has 8 nitrogen and oxygen atoms in total. The summed E-state index contributed by atoms with van der Waals surface area (Å²) in [6, 6.07) is -0.898. The Morgan fingerprint density at radius 2 is 1.96 bits per heavy atom. The van der Waals surface area contributed by atoms with Gasteiger partial charge in [-0.05, 0) is 25.2 Å². The average Bonchev–Trinajstić information content (AvgIpc) is 3.21. The van der Waals surface area contributed by atoms with Gasteiger partial charge in [-0.25, -0.2) is 13.2 Å². The van der Waals surface area contributed by atoms with Crippen molar-refractivity contribution in [2.75, 3.05) is 24.6 Å². The van der Waals surface area contributed by atoms with Gasteiger partial charge in [-0.2, -0.15) is 0 Å². The molecule has 3 rings (SSSR count). The lowest BCUT2D eigenvalue weighted by Gasteiger charge is -2.31. The van der Waals surface area contributed by atoms with Gasteiger partial charge in [0, 0.05) is 12.6 Å². The third-order valence-electron chi connectivity index (χ3n) is 5.53. The second kappa shape index (κ2) is 6.83. The standard InChI is InChI=1S/C17H27N3O5S/c1-12(2)9-19(13-5-8-26(24,25)11-13)14(21)10-20-15(22)17(18-16(20)23)6-3-4-7-17/h12-13H,3-11H2,1-2H3,(H,18,23). The maximum Gasteiger partial charge on any atom is 0.325 e. The Bertz CT molecular complexity index is 712. The summed E-state index contributed by atoms with van der Waals surface area (Å²) in [6.45, 7) is 3.99. The minimum atomic E-state index is -3.13. The molecule has 0 aromatic heterocycles. The molecule has 146 valence electrons. The molecule has 9 heteroatoms. The molecule has 0 radical (unpaired) electrons. The van der Waals surface area contributed by atoms with Crippen LogP contribution in [-0.4, -0.2) is 72.2 Å². The van der Waals surface area contributed by atoms with Crippen molar-refractivity contribution in [3.05, 3.63) is 0 Å². The number of nitrogens with one attached hydrogen (secondary N) is 1. The summed E-state index contributed by atoms with van der Waals surface area (Å²) >= 11 is 0. The van der Waals surface area contributed by atoms with Crippen LogP contribution >= 0.6 is 0 Å². The topological polar surface area (TPSA) is 104 Å². The lowest BCUT2D eigenvalue weighted by atomic mass is 9.98. The van der Waals surface area contributed by atoms with E-state index in [9.17, 15) is 22.8 Å². The first-order valence-electron chi connectivity index (χ1n) is 9.27. The summed E-state index contributed by atoms with van der Waals surface area (Å²) in [7, 11) is -3.13. The Balaban J connectivity index is 1.73.